The van der Waals surface area contributed by atoms with Crippen LogP contribution in [-0.2, 0) is 9.53 Å². The molecule has 0 bridgehead atoms. The molecule has 0 spiro atoms. The molecule has 0 N–H and O–H groups in total. The number of rotatable bonds is 4. The Hall–Kier alpha value is -2.59. The van der Waals surface area contributed by atoms with Gasteiger partial charge in [0.2, 0.25) is 5.91 Å². The molecule has 1 atom stereocenters. The third-order valence-electron chi connectivity index (χ3n) is 4.34. The van der Waals surface area contributed by atoms with Crippen molar-refractivity contribution in [1.29, 1.82) is 0 Å². The van der Waals surface area contributed by atoms with Crippen LogP contribution in [0.2, 0.25) is 0 Å². The maximum atomic E-state index is 12.6. The predicted molar refractivity (Wildman–Crippen MR) is 98.5 cm³/mol. The van der Waals surface area contributed by atoms with E-state index in [2.05, 4.69) is 0 Å². The van der Waals surface area contributed by atoms with Crippen LogP contribution >= 0.6 is 0 Å². The number of benzene rings is 2. The van der Waals surface area contributed by atoms with Gasteiger partial charge in [-0.2, -0.15) is 0 Å². The molecular formula is C21H23NO3. The molecule has 1 aliphatic rings. The van der Waals surface area contributed by atoms with Gasteiger partial charge in [0.1, 0.15) is 11.9 Å². The Labute approximate surface area is 148 Å². The minimum absolute atomic E-state index is 0.00668. The highest BCUT2D eigenvalue weighted by molar-refractivity contribution is 5.92. The number of hydrogen-bond acceptors (Lipinski definition) is 3. The first kappa shape index (κ1) is 17.2. The molecule has 1 amide bonds. The van der Waals surface area contributed by atoms with Crippen molar-refractivity contribution >= 4 is 12.0 Å². The molecular weight excluding hydrogens is 314 g/mol. The van der Waals surface area contributed by atoms with E-state index in [1.807, 2.05) is 66.4 Å². The van der Waals surface area contributed by atoms with Gasteiger partial charge in [0, 0.05) is 18.2 Å². The first-order valence-corrected chi connectivity index (χ1v) is 8.45. The Morgan fingerprint density at radius 1 is 1.24 bits per heavy atom. The number of morpholine rings is 1. The molecule has 1 fully saturated rings. The van der Waals surface area contributed by atoms with Crippen molar-refractivity contribution in [2.24, 2.45) is 0 Å². The van der Waals surface area contributed by atoms with Crippen LogP contribution in [0.4, 0.5) is 0 Å². The minimum Gasteiger partial charge on any atom is -0.496 e. The number of nitrogens with zero attached hydrogens (tertiary/aromatic N) is 1. The molecule has 4 heteroatoms. The minimum atomic E-state index is -0.0687. The first-order valence-electron chi connectivity index (χ1n) is 8.45. The van der Waals surface area contributed by atoms with E-state index in [1.54, 1.807) is 13.2 Å². The number of hydrogen-bond donors (Lipinski definition) is 0. The van der Waals surface area contributed by atoms with E-state index in [4.69, 9.17) is 9.47 Å². The number of carbonyl (C=O) groups is 1. The van der Waals surface area contributed by atoms with Crippen molar-refractivity contribution in [2.45, 2.75) is 13.0 Å². The maximum absolute atomic E-state index is 12.6. The summed E-state index contributed by atoms with van der Waals surface area (Å²) in [6, 6.07) is 15.9. The molecule has 0 radical (unpaired) electrons. The van der Waals surface area contributed by atoms with Crippen molar-refractivity contribution in [2.75, 3.05) is 26.8 Å². The molecule has 1 unspecified atom stereocenters. The Balaban J connectivity index is 1.70. The van der Waals surface area contributed by atoms with Crippen LogP contribution in [0.15, 0.2) is 54.6 Å². The molecule has 3 rings (SSSR count). The lowest BCUT2D eigenvalue weighted by atomic mass is 10.1. The fourth-order valence-electron chi connectivity index (χ4n) is 2.97. The molecule has 1 saturated heterocycles. The number of amides is 1. The molecule has 1 heterocycles. The number of aryl methyl sites for hydroxylation is 1. The second-order valence-corrected chi connectivity index (χ2v) is 6.13. The van der Waals surface area contributed by atoms with Gasteiger partial charge in [-0.1, -0.05) is 42.0 Å². The van der Waals surface area contributed by atoms with Gasteiger partial charge >= 0.3 is 0 Å². The summed E-state index contributed by atoms with van der Waals surface area (Å²) < 4.78 is 11.2. The van der Waals surface area contributed by atoms with Crippen LogP contribution < -0.4 is 4.74 Å². The van der Waals surface area contributed by atoms with Crippen molar-refractivity contribution in [1.82, 2.24) is 4.90 Å². The summed E-state index contributed by atoms with van der Waals surface area (Å²) in [4.78, 5) is 14.4. The molecule has 2 aromatic rings. The number of ether oxygens (including phenoxy) is 2. The summed E-state index contributed by atoms with van der Waals surface area (Å²) in [7, 11) is 1.64. The van der Waals surface area contributed by atoms with Crippen LogP contribution in [0.3, 0.4) is 0 Å². The van der Waals surface area contributed by atoms with Crippen molar-refractivity contribution in [3.05, 3.63) is 71.3 Å². The van der Waals surface area contributed by atoms with E-state index >= 15 is 0 Å². The van der Waals surface area contributed by atoms with Crippen LogP contribution in [0.5, 0.6) is 5.75 Å². The molecule has 25 heavy (non-hydrogen) atoms. The third kappa shape index (κ3) is 4.28. The maximum Gasteiger partial charge on any atom is 0.246 e. The van der Waals surface area contributed by atoms with E-state index in [1.165, 1.54) is 0 Å². The molecule has 1 aliphatic heterocycles. The zero-order chi connectivity index (χ0) is 17.6. The van der Waals surface area contributed by atoms with Crippen molar-refractivity contribution < 1.29 is 14.3 Å². The normalized spacial score (nSPS) is 17.7. The van der Waals surface area contributed by atoms with Crippen molar-refractivity contribution in [3.63, 3.8) is 0 Å². The van der Waals surface area contributed by atoms with Gasteiger partial charge in [-0.3, -0.25) is 4.79 Å². The number of carbonyl (C=O) groups excluding carboxylic acids is 1. The average Bonchev–Trinajstić information content (AvgIpc) is 2.67. The Morgan fingerprint density at radius 2 is 2.04 bits per heavy atom. The Morgan fingerprint density at radius 3 is 2.80 bits per heavy atom. The van der Waals surface area contributed by atoms with Gasteiger partial charge in [-0.25, -0.2) is 0 Å². The monoisotopic (exact) mass is 337 g/mol. The van der Waals surface area contributed by atoms with Crippen LogP contribution in [0, 0.1) is 6.92 Å². The topological polar surface area (TPSA) is 38.8 Å². The standard InChI is InChI=1S/C21H23NO3/c1-16-8-10-19(24-2)18(14-16)9-11-21(23)22-12-13-25-20(15-22)17-6-4-3-5-7-17/h3-11,14,20H,12-13,15H2,1-2H3/b11-9+. The van der Waals surface area contributed by atoms with E-state index in [-0.39, 0.29) is 12.0 Å². The summed E-state index contributed by atoms with van der Waals surface area (Å²) >= 11 is 0. The fourth-order valence-corrected chi connectivity index (χ4v) is 2.97. The Bertz CT molecular complexity index is 755. The summed E-state index contributed by atoms with van der Waals surface area (Å²) in [5.41, 5.74) is 3.14. The highest BCUT2D eigenvalue weighted by atomic mass is 16.5. The Kier molecular flexibility index (Phi) is 5.51. The van der Waals surface area contributed by atoms with Gasteiger partial charge in [-0.15, -0.1) is 0 Å². The van der Waals surface area contributed by atoms with Crippen LogP contribution in [0.1, 0.15) is 22.8 Å². The predicted octanol–water partition coefficient (Wildman–Crippen LogP) is 3.62. The van der Waals surface area contributed by atoms with E-state index in [0.717, 1.165) is 22.4 Å². The molecule has 130 valence electrons. The number of methoxy groups -OCH3 is 1. The highest BCUT2D eigenvalue weighted by Crippen LogP contribution is 2.23. The molecule has 0 aromatic heterocycles. The second kappa shape index (κ2) is 7.99. The smallest absolute Gasteiger partial charge is 0.246 e. The zero-order valence-corrected chi connectivity index (χ0v) is 14.6. The lowest BCUT2D eigenvalue weighted by molar-refractivity contribution is -0.133. The lowest BCUT2D eigenvalue weighted by Gasteiger charge is -2.32. The molecule has 0 aliphatic carbocycles. The molecule has 0 saturated carbocycles. The van der Waals surface area contributed by atoms with Gasteiger partial charge < -0.3 is 14.4 Å². The van der Waals surface area contributed by atoms with Gasteiger partial charge in [0.15, 0.2) is 0 Å². The van der Waals surface area contributed by atoms with Crippen molar-refractivity contribution in [3.8, 4) is 5.75 Å². The lowest BCUT2D eigenvalue weighted by Crippen LogP contribution is -2.41. The van der Waals surface area contributed by atoms with Crippen LogP contribution in [0.25, 0.3) is 6.08 Å². The zero-order valence-electron chi connectivity index (χ0n) is 14.6. The first-order chi connectivity index (χ1) is 12.2. The SMILES string of the molecule is COc1ccc(C)cc1/C=C/C(=O)N1CCOC(c2ccccc2)C1. The summed E-state index contributed by atoms with van der Waals surface area (Å²) in [6.07, 6.45) is 3.37. The van der Waals surface area contributed by atoms with Gasteiger partial charge in [0.25, 0.3) is 0 Å². The van der Waals surface area contributed by atoms with E-state index < -0.39 is 0 Å². The van der Waals surface area contributed by atoms with Crippen LogP contribution in [-0.4, -0.2) is 37.6 Å². The summed E-state index contributed by atoms with van der Waals surface area (Å²) in [5, 5.41) is 0. The molecule has 2 aromatic carbocycles. The summed E-state index contributed by atoms with van der Waals surface area (Å²) in [5.74, 6) is 0.756. The largest absolute Gasteiger partial charge is 0.496 e. The molecule has 4 nitrogen and oxygen atoms in total. The summed E-state index contributed by atoms with van der Waals surface area (Å²) in [6.45, 7) is 3.74. The van der Waals surface area contributed by atoms with Gasteiger partial charge in [0.05, 0.1) is 20.3 Å². The highest BCUT2D eigenvalue weighted by Gasteiger charge is 2.24. The van der Waals surface area contributed by atoms with E-state index in [9.17, 15) is 4.79 Å². The fraction of sp³-hybridized carbons (Fsp3) is 0.286. The van der Waals surface area contributed by atoms with E-state index in [0.29, 0.717) is 19.7 Å². The average molecular weight is 337 g/mol. The second-order valence-electron chi connectivity index (χ2n) is 6.13. The van der Waals surface area contributed by atoms with Gasteiger partial charge in [-0.05, 0) is 30.7 Å². The quantitative estimate of drug-likeness (QED) is 0.800. The third-order valence-corrected chi connectivity index (χ3v) is 4.34.